The summed E-state index contributed by atoms with van der Waals surface area (Å²) >= 11 is 0. The van der Waals surface area contributed by atoms with Crippen LogP contribution in [0.1, 0.15) is 52.5 Å². The first-order chi connectivity index (χ1) is 16.4. The smallest absolute Gasteiger partial charge is 0.384 e. The van der Waals surface area contributed by atoms with Gasteiger partial charge in [0.1, 0.15) is 17.9 Å². The van der Waals surface area contributed by atoms with Crippen LogP contribution in [0.5, 0.6) is 0 Å². The Morgan fingerprint density at radius 1 is 1.17 bits per heavy atom. The van der Waals surface area contributed by atoms with Gasteiger partial charge in [-0.2, -0.15) is 13.2 Å². The molecule has 0 radical (unpaired) electrons. The molecule has 12 heteroatoms. The molecule has 190 valence electrons. The summed E-state index contributed by atoms with van der Waals surface area (Å²) in [5.41, 5.74) is 5.35. The van der Waals surface area contributed by atoms with E-state index in [1.54, 1.807) is 12.1 Å². The van der Waals surface area contributed by atoms with Gasteiger partial charge in [-0.05, 0) is 37.0 Å². The number of benzene rings is 1. The van der Waals surface area contributed by atoms with Crippen LogP contribution in [0.2, 0.25) is 0 Å². The van der Waals surface area contributed by atoms with Gasteiger partial charge in [-0.1, -0.05) is 19.1 Å². The zero-order valence-electron chi connectivity index (χ0n) is 19.5. The van der Waals surface area contributed by atoms with Gasteiger partial charge in [0.05, 0.1) is 6.54 Å². The summed E-state index contributed by atoms with van der Waals surface area (Å²) in [6, 6.07) is 6.18. The van der Waals surface area contributed by atoms with E-state index in [2.05, 4.69) is 0 Å². The quantitative estimate of drug-likeness (QED) is 0.484. The minimum Gasteiger partial charge on any atom is -0.384 e. The molecule has 1 saturated carbocycles. The number of nitrogens with two attached hydrogens (primary N) is 1. The van der Waals surface area contributed by atoms with E-state index in [0.717, 1.165) is 23.0 Å². The van der Waals surface area contributed by atoms with Gasteiger partial charge in [0.25, 0.3) is 11.5 Å². The number of hydrogen-bond acceptors (Lipinski definition) is 6. The van der Waals surface area contributed by atoms with Crippen molar-refractivity contribution in [2.45, 2.75) is 51.5 Å². The van der Waals surface area contributed by atoms with Gasteiger partial charge in [-0.25, -0.2) is 4.79 Å². The van der Waals surface area contributed by atoms with E-state index in [1.807, 2.05) is 17.1 Å². The number of alkyl halides is 3. The number of nitrogens with one attached hydrogen (secondary N) is 1. The molecule has 0 saturated heterocycles. The first kappa shape index (κ1) is 26.2. The number of nitrogen functional groups attached to an aromatic ring is 1. The Bertz CT molecular complexity index is 1210. The molecule has 1 aliphatic carbocycles. The first-order valence-electron chi connectivity index (χ1n) is 11.2. The van der Waals surface area contributed by atoms with Crippen molar-refractivity contribution < 1.29 is 22.8 Å². The van der Waals surface area contributed by atoms with Crippen molar-refractivity contribution in [1.29, 1.82) is 0 Å². The molecular formula is C23H28F3N5O4. The fraction of sp³-hybridized carbons (Fsp3) is 0.478. The Kier molecular flexibility index (Phi) is 7.83. The van der Waals surface area contributed by atoms with Gasteiger partial charge >= 0.3 is 11.9 Å². The number of nitrogens with zero attached hydrogens (tertiary/aromatic N) is 3. The highest BCUT2D eigenvalue weighted by Crippen LogP contribution is 2.28. The Balaban J connectivity index is 1.76. The monoisotopic (exact) mass is 495 g/mol. The highest BCUT2D eigenvalue weighted by molar-refractivity contribution is 6.01. The van der Waals surface area contributed by atoms with E-state index in [-0.39, 0.29) is 36.1 Å². The van der Waals surface area contributed by atoms with Crippen LogP contribution in [0.25, 0.3) is 0 Å². The molecule has 1 aromatic carbocycles. The van der Waals surface area contributed by atoms with Gasteiger partial charge < -0.3 is 11.1 Å². The van der Waals surface area contributed by atoms with Crippen LogP contribution in [-0.2, 0) is 20.1 Å². The second-order valence-corrected chi connectivity index (χ2v) is 8.61. The second kappa shape index (κ2) is 10.5. The molecular weight excluding hydrogens is 467 g/mol. The molecule has 1 heterocycles. The van der Waals surface area contributed by atoms with Crippen molar-refractivity contribution in [2.24, 2.45) is 7.05 Å². The summed E-state index contributed by atoms with van der Waals surface area (Å²) in [6.45, 7) is 0.935. The molecule has 3 N–H and O–H groups in total. The zero-order valence-corrected chi connectivity index (χ0v) is 19.5. The largest absolute Gasteiger partial charge is 0.405 e. The summed E-state index contributed by atoms with van der Waals surface area (Å²) in [6.07, 6.45) is -2.17. The fourth-order valence-corrected chi connectivity index (χ4v) is 3.78. The SMILES string of the molecule is CCCn1c(N)c(C(=O)CN(Cc2ccc(C(=O)NCC(F)(F)F)cc2)C2CC2)c(=O)n(C)c1=O. The normalized spacial score (nSPS) is 13.8. The molecule has 2 aromatic rings. The Morgan fingerprint density at radius 2 is 1.80 bits per heavy atom. The fourth-order valence-electron chi connectivity index (χ4n) is 3.78. The van der Waals surface area contributed by atoms with Crippen molar-refractivity contribution >= 4 is 17.5 Å². The topological polar surface area (TPSA) is 119 Å². The lowest BCUT2D eigenvalue weighted by atomic mass is 10.1. The van der Waals surface area contributed by atoms with Crippen LogP contribution in [0.3, 0.4) is 0 Å². The van der Waals surface area contributed by atoms with Gasteiger partial charge in [0, 0.05) is 31.7 Å². The van der Waals surface area contributed by atoms with Crippen LogP contribution in [0.15, 0.2) is 33.9 Å². The Hall–Kier alpha value is -3.41. The number of ketones is 1. The van der Waals surface area contributed by atoms with E-state index >= 15 is 0 Å². The van der Waals surface area contributed by atoms with Gasteiger partial charge in [-0.3, -0.25) is 28.4 Å². The molecule has 1 fully saturated rings. The minimum absolute atomic E-state index is 0.0847. The summed E-state index contributed by atoms with van der Waals surface area (Å²) < 4.78 is 39.0. The third-order valence-corrected chi connectivity index (χ3v) is 5.77. The molecule has 1 amide bonds. The van der Waals surface area contributed by atoms with Crippen molar-refractivity contribution in [3.05, 3.63) is 61.8 Å². The van der Waals surface area contributed by atoms with E-state index in [4.69, 9.17) is 5.73 Å². The van der Waals surface area contributed by atoms with Crippen molar-refractivity contribution in [3.8, 4) is 0 Å². The molecule has 9 nitrogen and oxygen atoms in total. The van der Waals surface area contributed by atoms with Crippen molar-refractivity contribution in [1.82, 2.24) is 19.4 Å². The number of Topliss-reactive ketones (excluding diaryl/α,β-unsaturated/α-hetero) is 1. The van der Waals surface area contributed by atoms with E-state index in [1.165, 1.54) is 23.7 Å². The number of aromatic nitrogens is 2. The van der Waals surface area contributed by atoms with Gasteiger partial charge in [0.15, 0.2) is 5.78 Å². The van der Waals surface area contributed by atoms with Crippen LogP contribution in [0, 0.1) is 0 Å². The maximum absolute atomic E-state index is 13.1. The molecule has 3 rings (SSSR count). The predicted molar refractivity (Wildman–Crippen MR) is 123 cm³/mol. The van der Waals surface area contributed by atoms with Crippen molar-refractivity contribution in [3.63, 3.8) is 0 Å². The van der Waals surface area contributed by atoms with Crippen LogP contribution >= 0.6 is 0 Å². The Labute approximate surface area is 199 Å². The summed E-state index contributed by atoms with van der Waals surface area (Å²) in [7, 11) is 1.30. The van der Waals surface area contributed by atoms with Gasteiger partial charge in [-0.15, -0.1) is 0 Å². The maximum atomic E-state index is 13.1. The number of carbonyl (C=O) groups excluding carboxylic acids is 2. The third-order valence-electron chi connectivity index (χ3n) is 5.77. The molecule has 1 aliphatic rings. The highest BCUT2D eigenvalue weighted by atomic mass is 19.4. The van der Waals surface area contributed by atoms with Crippen LogP contribution in [0.4, 0.5) is 19.0 Å². The average Bonchev–Trinajstić information content (AvgIpc) is 3.64. The predicted octanol–water partition coefficient (Wildman–Crippen LogP) is 1.68. The lowest BCUT2D eigenvalue weighted by molar-refractivity contribution is -0.123. The zero-order chi connectivity index (χ0) is 25.9. The lowest BCUT2D eigenvalue weighted by Gasteiger charge is -2.22. The minimum atomic E-state index is -4.50. The van der Waals surface area contributed by atoms with Crippen LogP contribution in [-0.4, -0.2) is 51.0 Å². The lowest BCUT2D eigenvalue weighted by Crippen LogP contribution is -2.44. The van der Waals surface area contributed by atoms with E-state index in [0.29, 0.717) is 13.0 Å². The molecule has 1 aromatic heterocycles. The first-order valence-corrected chi connectivity index (χ1v) is 11.2. The second-order valence-electron chi connectivity index (χ2n) is 8.61. The molecule has 0 spiro atoms. The maximum Gasteiger partial charge on any atom is 0.405 e. The molecule has 0 bridgehead atoms. The summed E-state index contributed by atoms with van der Waals surface area (Å²) in [4.78, 5) is 52.0. The summed E-state index contributed by atoms with van der Waals surface area (Å²) in [5.74, 6) is -1.48. The van der Waals surface area contributed by atoms with E-state index < -0.39 is 35.7 Å². The van der Waals surface area contributed by atoms with Crippen molar-refractivity contribution in [2.75, 3.05) is 18.8 Å². The molecule has 0 unspecified atom stereocenters. The van der Waals surface area contributed by atoms with Crippen LogP contribution < -0.4 is 22.3 Å². The average molecular weight is 496 g/mol. The number of amides is 1. The standard InChI is InChI=1S/C23H28F3N5O4/c1-3-10-31-19(27)18(21(34)29(2)22(31)35)17(32)12-30(16-8-9-16)11-14-4-6-15(7-5-14)20(33)28-13-23(24,25)26/h4-7,16H,3,8-13,27H2,1-2H3,(H,28,33). The van der Waals surface area contributed by atoms with Gasteiger partial charge in [0.2, 0.25) is 0 Å². The highest BCUT2D eigenvalue weighted by Gasteiger charge is 2.32. The molecule has 0 atom stereocenters. The number of hydrogen-bond donors (Lipinski definition) is 2. The molecule has 35 heavy (non-hydrogen) atoms. The molecule has 0 aliphatic heterocycles. The number of anilines is 1. The third kappa shape index (κ3) is 6.38. The number of rotatable bonds is 10. The number of carbonyl (C=O) groups is 2. The Morgan fingerprint density at radius 3 is 2.34 bits per heavy atom. The summed E-state index contributed by atoms with van der Waals surface area (Å²) in [5, 5.41) is 1.82. The number of halogens is 3. The van der Waals surface area contributed by atoms with E-state index in [9.17, 15) is 32.3 Å².